The monoisotopic (exact) mass is 254 g/mol. The molecule has 0 aliphatic heterocycles. The predicted octanol–water partition coefficient (Wildman–Crippen LogP) is 1.21. The van der Waals surface area contributed by atoms with Gasteiger partial charge in [-0.2, -0.15) is 8.42 Å². The van der Waals surface area contributed by atoms with E-state index in [9.17, 15) is 8.42 Å². The van der Waals surface area contributed by atoms with Crippen LogP contribution in [0, 0.1) is 6.92 Å². The van der Waals surface area contributed by atoms with Crippen LogP contribution < -0.4 is 5.14 Å². The van der Waals surface area contributed by atoms with E-state index in [1.54, 1.807) is 0 Å². The first-order valence-corrected chi connectivity index (χ1v) is 6.57. The van der Waals surface area contributed by atoms with Crippen LogP contribution in [0.1, 0.15) is 11.3 Å². The smallest absolute Gasteiger partial charge is 0.333 e. The summed E-state index contributed by atoms with van der Waals surface area (Å²) in [4.78, 5) is 0. The van der Waals surface area contributed by atoms with Gasteiger partial charge in [0.05, 0.1) is 6.61 Å². The highest BCUT2D eigenvalue weighted by Gasteiger charge is 2.13. The van der Waals surface area contributed by atoms with Gasteiger partial charge in [0.15, 0.2) is 0 Å². The molecule has 0 bridgehead atoms. The van der Waals surface area contributed by atoms with Gasteiger partial charge in [-0.05, 0) is 13.0 Å². The average Bonchev–Trinajstić information content (AvgIpc) is 2.49. The molecule has 1 aromatic heterocycles. The van der Waals surface area contributed by atoms with E-state index in [-0.39, 0.29) is 6.61 Å². The van der Waals surface area contributed by atoms with Crippen LogP contribution in [0.15, 0.2) is 24.3 Å². The van der Waals surface area contributed by atoms with E-state index in [0.29, 0.717) is 0 Å². The van der Waals surface area contributed by atoms with Gasteiger partial charge in [0.2, 0.25) is 0 Å². The number of para-hydroxylation sites is 1. The molecule has 0 spiro atoms. The van der Waals surface area contributed by atoms with Gasteiger partial charge < -0.3 is 4.57 Å². The van der Waals surface area contributed by atoms with Crippen molar-refractivity contribution < 1.29 is 12.6 Å². The Morgan fingerprint density at radius 1 is 1.35 bits per heavy atom. The summed E-state index contributed by atoms with van der Waals surface area (Å²) in [5.41, 5.74) is 2.85. The second kappa shape index (κ2) is 4.14. The number of hydrogen-bond donors (Lipinski definition) is 1. The fourth-order valence-electron chi connectivity index (χ4n) is 1.92. The highest BCUT2D eigenvalue weighted by Crippen LogP contribution is 2.25. The average molecular weight is 254 g/mol. The molecule has 2 rings (SSSR count). The van der Waals surface area contributed by atoms with Crippen molar-refractivity contribution >= 4 is 21.2 Å². The maximum atomic E-state index is 10.8. The lowest BCUT2D eigenvalue weighted by atomic mass is 10.1. The van der Waals surface area contributed by atoms with E-state index in [0.717, 1.165) is 22.2 Å². The number of hydrogen-bond acceptors (Lipinski definition) is 3. The van der Waals surface area contributed by atoms with Crippen LogP contribution in [0.4, 0.5) is 0 Å². The normalized spacial score (nSPS) is 12.2. The molecule has 0 atom stereocenters. The van der Waals surface area contributed by atoms with Crippen molar-refractivity contribution in [2.24, 2.45) is 12.2 Å². The molecular weight excluding hydrogens is 240 g/mol. The molecule has 2 aromatic rings. The molecule has 92 valence electrons. The van der Waals surface area contributed by atoms with E-state index in [1.807, 2.05) is 42.8 Å². The number of benzene rings is 1. The fraction of sp³-hybridized carbons (Fsp3) is 0.273. The molecule has 17 heavy (non-hydrogen) atoms. The van der Waals surface area contributed by atoms with E-state index in [2.05, 4.69) is 4.18 Å². The Hall–Kier alpha value is -1.37. The molecule has 0 amide bonds. The zero-order valence-electron chi connectivity index (χ0n) is 9.67. The van der Waals surface area contributed by atoms with Crippen molar-refractivity contribution in [3.63, 3.8) is 0 Å². The minimum atomic E-state index is -3.91. The van der Waals surface area contributed by atoms with Crippen molar-refractivity contribution in [3.05, 3.63) is 35.5 Å². The SMILES string of the molecule is Cc1c(COS(N)(=O)=O)c2ccccc2n1C. The highest BCUT2D eigenvalue weighted by molar-refractivity contribution is 7.84. The quantitative estimate of drug-likeness (QED) is 0.894. The molecule has 0 radical (unpaired) electrons. The lowest BCUT2D eigenvalue weighted by Crippen LogP contribution is -2.15. The molecule has 0 saturated heterocycles. The highest BCUT2D eigenvalue weighted by atomic mass is 32.2. The zero-order valence-corrected chi connectivity index (χ0v) is 10.5. The van der Waals surface area contributed by atoms with Gasteiger partial charge >= 0.3 is 10.3 Å². The Morgan fingerprint density at radius 3 is 2.65 bits per heavy atom. The summed E-state index contributed by atoms with van der Waals surface area (Å²) < 4.78 is 28.3. The summed E-state index contributed by atoms with van der Waals surface area (Å²) in [5, 5.41) is 5.81. The molecule has 0 unspecified atom stereocenters. The summed E-state index contributed by atoms with van der Waals surface area (Å²) in [7, 11) is -1.98. The number of nitrogens with two attached hydrogens (primary N) is 1. The van der Waals surface area contributed by atoms with E-state index < -0.39 is 10.3 Å². The molecule has 5 nitrogen and oxygen atoms in total. The predicted molar refractivity (Wildman–Crippen MR) is 65.6 cm³/mol. The molecule has 6 heteroatoms. The molecule has 1 heterocycles. The van der Waals surface area contributed by atoms with E-state index in [1.165, 1.54) is 0 Å². The third-order valence-electron chi connectivity index (χ3n) is 2.90. The Balaban J connectivity index is 2.50. The van der Waals surface area contributed by atoms with Gasteiger partial charge in [-0.25, -0.2) is 5.14 Å². The zero-order chi connectivity index (χ0) is 12.6. The number of aryl methyl sites for hydroxylation is 1. The number of nitrogens with zero attached hydrogens (tertiary/aromatic N) is 1. The first-order valence-electron chi connectivity index (χ1n) is 5.10. The lowest BCUT2D eigenvalue weighted by molar-refractivity contribution is 0.309. The molecule has 1 aromatic carbocycles. The van der Waals surface area contributed by atoms with Crippen LogP contribution >= 0.6 is 0 Å². The van der Waals surface area contributed by atoms with Crippen LogP contribution in [0.5, 0.6) is 0 Å². The second-order valence-corrected chi connectivity index (χ2v) is 5.12. The van der Waals surface area contributed by atoms with Crippen molar-refractivity contribution in [1.29, 1.82) is 0 Å². The van der Waals surface area contributed by atoms with Crippen LogP contribution in [-0.4, -0.2) is 13.0 Å². The Labute approximate surface area is 100 Å². The molecular formula is C11H14N2O3S. The van der Waals surface area contributed by atoms with Gasteiger partial charge in [0.25, 0.3) is 0 Å². The first kappa shape index (κ1) is 12.1. The third-order valence-corrected chi connectivity index (χ3v) is 3.34. The molecule has 0 aliphatic rings. The Morgan fingerprint density at radius 2 is 2.00 bits per heavy atom. The first-order chi connectivity index (χ1) is 7.90. The third kappa shape index (κ3) is 2.33. The van der Waals surface area contributed by atoms with Gasteiger partial charge in [-0.1, -0.05) is 18.2 Å². The molecule has 0 fully saturated rings. The Kier molecular flexibility index (Phi) is 2.94. The summed E-state index contributed by atoms with van der Waals surface area (Å²) >= 11 is 0. The van der Waals surface area contributed by atoms with Crippen LogP contribution in [0.3, 0.4) is 0 Å². The van der Waals surface area contributed by atoms with Gasteiger partial charge in [0, 0.05) is 29.2 Å². The molecule has 2 N–H and O–H groups in total. The van der Waals surface area contributed by atoms with Crippen molar-refractivity contribution in [2.45, 2.75) is 13.5 Å². The largest absolute Gasteiger partial charge is 0.348 e. The lowest BCUT2D eigenvalue weighted by Gasteiger charge is -2.02. The van der Waals surface area contributed by atoms with Crippen LogP contribution in [-0.2, 0) is 28.1 Å². The summed E-state index contributed by atoms with van der Waals surface area (Å²) in [6.45, 7) is 1.88. The summed E-state index contributed by atoms with van der Waals surface area (Å²) in [5.74, 6) is 0. The van der Waals surface area contributed by atoms with Gasteiger partial charge in [0.1, 0.15) is 0 Å². The van der Waals surface area contributed by atoms with Gasteiger partial charge in [-0.3, -0.25) is 4.18 Å². The minimum Gasteiger partial charge on any atom is -0.348 e. The Bertz CT molecular complexity index is 659. The van der Waals surface area contributed by atoms with Crippen LogP contribution in [0.2, 0.25) is 0 Å². The van der Waals surface area contributed by atoms with E-state index in [4.69, 9.17) is 5.14 Å². The standard InChI is InChI=1S/C11H14N2O3S/c1-8-10(7-16-17(12,14)15)9-5-3-4-6-11(9)13(8)2/h3-6H,7H2,1-2H3,(H2,12,14,15). The minimum absolute atomic E-state index is 0.0357. The molecule has 0 saturated carbocycles. The summed E-state index contributed by atoms with van der Waals surface area (Å²) in [6.07, 6.45) is 0. The maximum Gasteiger partial charge on any atom is 0.333 e. The molecule has 0 aliphatic carbocycles. The van der Waals surface area contributed by atoms with Crippen LogP contribution in [0.25, 0.3) is 10.9 Å². The number of fused-ring (bicyclic) bond motifs is 1. The second-order valence-electron chi connectivity index (χ2n) is 3.90. The van der Waals surface area contributed by atoms with Gasteiger partial charge in [-0.15, -0.1) is 0 Å². The van der Waals surface area contributed by atoms with Crippen molar-refractivity contribution in [1.82, 2.24) is 4.57 Å². The van der Waals surface area contributed by atoms with Crippen molar-refractivity contribution in [3.8, 4) is 0 Å². The topological polar surface area (TPSA) is 74.3 Å². The number of rotatable bonds is 3. The summed E-state index contributed by atoms with van der Waals surface area (Å²) in [6, 6.07) is 7.75. The van der Waals surface area contributed by atoms with Crippen molar-refractivity contribution in [2.75, 3.05) is 0 Å². The van der Waals surface area contributed by atoms with E-state index >= 15 is 0 Å². The maximum absolute atomic E-state index is 10.8. The number of aromatic nitrogens is 1. The fourth-order valence-corrected chi connectivity index (χ4v) is 2.20.